The van der Waals surface area contributed by atoms with Gasteiger partial charge in [-0.05, 0) is 64.2 Å². The molecule has 0 fully saturated rings. The molecule has 0 aromatic heterocycles. The topological polar surface area (TPSA) is 72.8 Å². The van der Waals surface area contributed by atoms with Crippen LogP contribution in [0.25, 0.3) is 0 Å². The Balaban J connectivity index is 3.59. The lowest BCUT2D eigenvalue weighted by Gasteiger charge is -2.15. The van der Waals surface area contributed by atoms with Gasteiger partial charge >= 0.3 is 11.9 Å². The molecule has 0 radical (unpaired) electrons. The summed E-state index contributed by atoms with van der Waals surface area (Å²) in [6.07, 6.45) is 38.0. The summed E-state index contributed by atoms with van der Waals surface area (Å²) < 4.78 is 10.6. The van der Waals surface area contributed by atoms with Gasteiger partial charge in [0.25, 0.3) is 0 Å². The minimum atomic E-state index is -0.774. The van der Waals surface area contributed by atoms with Crippen molar-refractivity contribution in [2.45, 2.75) is 187 Å². The molecule has 0 heterocycles. The summed E-state index contributed by atoms with van der Waals surface area (Å²) in [5.41, 5.74) is 0. The van der Waals surface area contributed by atoms with E-state index in [1.807, 2.05) is 0 Å². The van der Waals surface area contributed by atoms with Crippen LogP contribution < -0.4 is 0 Å². The second kappa shape index (κ2) is 33.9. The fraction of sp³-hybridized carbons (Fsp3) is 0.838. The van der Waals surface area contributed by atoms with Crippen LogP contribution >= 0.6 is 0 Å². The highest BCUT2D eigenvalue weighted by atomic mass is 16.6. The van der Waals surface area contributed by atoms with E-state index in [2.05, 4.69) is 38.2 Å². The molecule has 5 nitrogen and oxygen atoms in total. The Morgan fingerprint density at radius 3 is 1.31 bits per heavy atom. The van der Waals surface area contributed by atoms with E-state index in [1.165, 1.54) is 103 Å². The first kappa shape index (κ1) is 40.4. The highest BCUT2D eigenvalue weighted by Gasteiger charge is 2.16. The van der Waals surface area contributed by atoms with E-state index in [9.17, 15) is 14.7 Å². The SMILES string of the molecule is CCCCCC/C=C\CCCCCCCC(=O)O[C@@H](CO)COC(=O)CCCCCCC/C=C\CCCCCCCC. The predicted molar refractivity (Wildman–Crippen MR) is 178 cm³/mol. The van der Waals surface area contributed by atoms with Crippen molar-refractivity contribution >= 4 is 11.9 Å². The quantitative estimate of drug-likeness (QED) is 0.0478. The number of carbonyl (C=O) groups is 2. The first-order valence-corrected chi connectivity index (χ1v) is 17.9. The second-order valence-electron chi connectivity index (χ2n) is 11.9. The molecule has 42 heavy (non-hydrogen) atoms. The zero-order chi connectivity index (χ0) is 30.8. The summed E-state index contributed by atoms with van der Waals surface area (Å²) in [5, 5.41) is 9.51. The molecule has 0 aliphatic carbocycles. The van der Waals surface area contributed by atoms with E-state index in [-0.39, 0.29) is 25.2 Å². The molecule has 1 N–H and O–H groups in total. The van der Waals surface area contributed by atoms with E-state index in [0.29, 0.717) is 12.8 Å². The molecule has 5 heteroatoms. The lowest BCUT2D eigenvalue weighted by molar-refractivity contribution is -0.161. The van der Waals surface area contributed by atoms with E-state index >= 15 is 0 Å². The number of aliphatic hydroxyl groups excluding tert-OH is 1. The molecule has 0 saturated heterocycles. The molecule has 0 bridgehead atoms. The Bertz CT molecular complexity index is 642. The second-order valence-corrected chi connectivity index (χ2v) is 11.9. The maximum Gasteiger partial charge on any atom is 0.306 e. The third kappa shape index (κ3) is 31.3. The number of ether oxygens (including phenoxy) is 2. The third-order valence-electron chi connectivity index (χ3n) is 7.72. The number of carbonyl (C=O) groups excluding carboxylic acids is 2. The molecule has 1 atom stereocenters. The summed E-state index contributed by atoms with van der Waals surface area (Å²) in [6.45, 7) is 4.09. The summed E-state index contributed by atoms with van der Waals surface area (Å²) in [4.78, 5) is 24.1. The first-order chi connectivity index (χ1) is 20.6. The van der Waals surface area contributed by atoms with Crippen molar-refractivity contribution in [1.29, 1.82) is 0 Å². The van der Waals surface area contributed by atoms with Gasteiger partial charge in [-0.2, -0.15) is 0 Å². The van der Waals surface area contributed by atoms with Gasteiger partial charge in [-0.1, -0.05) is 128 Å². The predicted octanol–water partition coefficient (Wildman–Crippen LogP) is 10.7. The highest BCUT2D eigenvalue weighted by Crippen LogP contribution is 2.12. The molecular formula is C37H68O5. The van der Waals surface area contributed by atoms with Crippen molar-refractivity contribution in [3.63, 3.8) is 0 Å². The maximum atomic E-state index is 12.1. The van der Waals surface area contributed by atoms with Gasteiger partial charge in [-0.15, -0.1) is 0 Å². The van der Waals surface area contributed by atoms with Gasteiger partial charge in [0.15, 0.2) is 6.10 Å². The minimum Gasteiger partial charge on any atom is -0.462 e. The average molecular weight is 593 g/mol. The van der Waals surface area contributed by atoms with E-state index < -0.39 is 6.10 Å². The molecule has 0 aliphatic heterocycles. The summed E-state index contributed by atoms with van der Waals surface area (Å²) >= 11 is 0. The average Bonchev–Trinajstić information content (AvgIpc) is 2.99. The van der Waals surface area contributed by atoms with Crippen LogP contribution in [0.15, 0.2) is 24.3 Å². The zero-order valence-electron chi connectivity index (χ0n) is 27.8. The van der Waals surface area contributed by atoms with Crippen molar-refractivity contribution in [1.82, 2.24) is 0 Å². The number of rotatable bonds is 32. The van der Waals surface area contributed by atoms with Crippen molar-refractivity contribution in [2.24, 2.45) is 0 Å². The number of unbranched alkanes of at least 4 members (excludes halogenated alkanes) is 20. The van der Waals surface area contributed by atoms with Crippen LogP contribution in [0.1, 0.15) is 181 Å². The van der Waals surface area contributed by atoms with Crippen LogP contribution in [-0.2, 0) is 19.1 Å². The zero-order valence-corrected chi connectivity index (χ0v) is 27.8. The Morgan fingerprint density at radius 1 is 0.524 bits per heavy atom. The number of hydrogen-bond acceptors (Lipinski definition) is 5. The van der Waals surface area contributed by atoms with Gasteiger partial charge in [-0.25, -0.2) is 0 Å². The number of allylic oxidation sites excluding steroid dienone is 4. The molecule has 0 aromatic carbocycles. The minimum absolute atomic E-state index is 0.0712. The van der Waals surface area contributed by atoms with Crippen molar-refractivity contribution in [2.75, 3.05) is 13.2 Å². The van der Waals surface area contributed by atoms with E-state index in [4.69, 9.17) is 9.47 Å². The molecule has 0 unspecified atom stereocenters. The first-order valence-electron chi connectivity index (χ1n) is 17.9. The monoisotopic (exact) mass is 593 g/mol. The summed E-state index contributed by atoms with van der Waals surface area (Å²) in [5.74, 6) is -0.609. The number of hydrogen-bond donors (Lipinski definition) is 1. The van der Waals surface area contributed by atoms with Crippen molar-refractivity contribution < 1.29 is 24.2 Å². The van der Waals surface area contributed by atoms with Crippen molar-refractivity contribution in [3.8, 4) is 0 Å². The number of aliphatic hydroxyl groups is 1. The molecule has 0 aromatic rings. The standard InChI is InChI=1S/C37H68O5/c1-3-5-7-9-11-13-15-17-18-20-21-23-25-27-29-31-36(39)41-34-35(33-38)42-37(40)32-30-28-26-24-22-19-16-14-12-10-8-6-4-2/h14,16-18,35,38H,3-13,15,19-34H2,1-2H3/b16-14-,18-17-/t35-/m0/s1. The molecular weight excluding hydrogens is 524 g/mol. The van der Waals surface area contributed by atoms with Gasteiger partial charge < -0.3 is 14.6 Å². The van der Waals surface area contributed by atoms with E-state index in [1.54, 1.807) is 0 Å². The molecule has 0 rings (SSSR count). The van der Waals surface area contributed by atoms with Gasteiger partial charge in [0.05, 0.1) is 6.61 Å². The highest BCUT2D eigenvalue weighted by molar-refractivity contribution is 5.70. The van der Waals surface area contributed by atoms with Gasteiger partial charge in [-0.3, -0.25) is 9.59 Å². The van der Waals surface area contributed by atoms with Crippen LogP contribution in [0.5, 0.6) is 0 Å². The van der Waals surface area contributed by atoms with Gasteiger partial charge in [0.2, 0.25) is 0 Å². The van der Waals surface area contributed by atoms with Gasteiger partial charge in [0, 0.05) is 12.8 Å². The molecule has 0 aliphatic rings. The van der Waals surface area contributed by atoms with Crippen LogP contribution in [0.2, 0.25) is 0 Å². The fourth-order valence-electron chi connectivity index (χ4n) is 4.95. The Labute approximate surface area is 260 Å². The van der Waals surface area contributed by atoms with Crippen LogP contribution in [0.3, 0.4) is 0 Å². The number of esters is 2. The molecule has 0 saturated carbocycles. The fourth-order valence-corrected chi connectivity index (χ4v) is 4.95. The summed E-state index contributed by atoms with van der Waals surface area (Å²) in [7, 11) is 0. The van der Waals surface area contributed by atoms with Crippen LogP contribution in [0, 0.1) is 0 Å². The lowest BCUT2D eigenvalue weighted by Crippen LogP contribution is -2.28. The van der Waals surface area contributed by atoms with Crippen LogP contribution in [0.4, 0.5) is 0 Å². The van der Waals surface area contributed by atoms with Gasteiger partial charge in [0.1, 0.15) is 6.61 Å². The third-order valence-corrected chi connectivity index (χ3v) is 7.72. The molecule has 246 valence electrons. The van der Waals surface area contributed by atoms with Crippen LogP contribution in [-0.4, -0.2) is 36.4 Å². The van der Waals surface area contributed by atoms with Crippen molar-refractivity contribution in [3.05, 3.63) is 24.3 Å². The molecule has 0 spiro atoms. The smallest absolute Gasteiger partial charge is 0.306 e. The Morgan fingerprint density at radius 2 is 0.881 bits per heavy atom. The van der Waals surface area contributed by atoms with E-state index in [0.717, 1.165) is 51.4 Å². The Hall–Kier alpha value is -1.62. The molecule has 0 amide bonds. The lowest BCUT2D eigenvalue weighted by atomic mass is 10.1. The largest absolute Gasteiger partial charge is 0.462 e. The summed E-state index contributed by atoms with van der Waals surface area (Å²) in [6, 6.07) is 0. The maximum absolute atomic E-state index is 12.1. The normalized spacial score (nSPS) is 12.4. The Kier molecular flexibility index (Phi) is 32.6.